The Bertz CT molecular complexity index is 495. The highest BCUT2D eigenvalue weighted by Crippen LogP contribution is 2.03. The SMILES string of the molecule is NCCCCCNCC(=O)N(CCCCN)CC(=O)N[C@H](CCCCN)COC(=O)O. The van der Waals surface area contributed by atoms with Gasteiger partial charge in [0.25, 0.3) is 0 Å². The number of carboxylic acid groups (broad SMARTS) is 1. The number of carbonyl (C=O) groups excluding carboxylic acids is 2. The maximum Gasteiger partial charge on any atom is 0.505 e. The first-order valence-electron chi connectivity index (χ1n) is 11.2. The van der Waals surface area contributed by atoms with E-state index in [9.17, 15) is 14.4 Å². The quantitative estimate of drug-likeness (QED) is 0.107. The van der Waals surface area contributed by atoms with Gasteiger partial charge in [-0.15, -0.1) is 0 Å². The van der Waals surface area contributed by atoms with E-state index in [0.717, 1.165) is 38.5 Å². The number of nitrogens with zero attached hydrogens (tertiary/aromatic N) is 1. The number of nitrogens with one attached hydrogen (secondary N) is 2. The van der Waals surface area contributed by atoms with Crippen molar-refractivity contribution in [2.75, 3.05) is 52.4 Å². The molecule has 9 N–H and O–H groups in total. The number of rotatable bonds is 20. The summed E-state index contributed by atoms with van der Waals surface area (Å²) in [5.74, 6) is -0.511. The molecule has 0 aromatic carbocycles. The summed E-state index contributed by atoms with van der Waals surface area (Å²) in [5, 5.41) is 14.6. The fraction of sp³-hybridized carbons (Fsp3) is 0.850. The van der Waals surface area contributed by atoms with E-state index in [-0.39, 0.29) is 31.5 Å². The van der Waals surface area contributed by atoms with Crippen LogP contribution in [-0.2, 0) is 14.3 Å². The predicted octanol–water partition coefficient (Wildman–Crippen LogP) is -0.419. The highest BCUT2D eigenvalue weighted by Gasteiger charge is 2.20. The van der Waals surface area contributed by atoms with E-state index in [0.29, 0.717) is 45.6 Å². The molecule has 31 heavy (non-hydrogen) atoms. The molecule has 0 rings (SSSR count). The van der Waals surface area contributed by atoms with Crippen LogP contribution in [0.3, 0.4) is 0 Å². The number of amides is 2. The minimum atomic E-state index is -1.39. The minimum absolute atomic E-state index is 0.0985. The third-order valence-corrected chi connectivity index (χ3v) is 4.68. The molecule has 0 bridgehead atoms. The van der Waals surface area contributed by atoms with E-state index >= 15 is 0 Å². The largest absolute Gasteiger partial charge is 0.505 e. The van der Waals surface area contributed by atoms with Gasteiger partial charge in [-0.3, -0.25) is 9.59 Å². The third kappa shape index (κ3) is 17.4. The molecule has 1 atom stereocenters. The topological polar surface area (TPSA) is 186 Å². The van der Waals surface area contributed by atoms with E-state index in [1.807, 2.05) is 0 Å². The Morgan fingerprint density at radius 3 is 2.19 bits per heavy atom. The van der Waals surface area contributed by atoms with Crippen molar-refractivity contribution in [3.8, 4) is 0 Å². The lowest BCUT2D eigenvalue weighted by atomic mass is 10.1. The summed E-state index contributed by atoms with van der Waals surface area (Å²) in [6, 6.07) is -0.461. The van der Waals surface area contributed by atoms with E-state index in [2.05, 4.69) is 15.4 Å². The highest BCUT2D eigenvalue weighted by atomic mass is 16.7. The molecule has 2 amide bonds. The third-order valence-electron chi connectivity index (χ3n) is 4.68. The number of carbonyl (C=O) groups is 3. The standard InChI is InChI=1S/C20H42N6O5/c21-9-3-1-6-12-24-14-19(28)26(13-7-5-11-23)15-18(27)25-17(8-2-4-10-22)16-31-20(29)30/h17,24H,1-16,21-23H2,(H,25,27)(H,29,30)/t17-/m1/s1. The second-order valence-electron chi connectivity index (χ2n) is 7.46. The molecule has 11 heteroatoms. The van der Waals surface area contributed by atoms with Gasteiger partial charge in [-0.05, 0) is 64.7 Å². The van der Waals surface area contributed by atoms with E-state index < -0.39 is 12.2 Å². The van der Waals surface area contributed by atoms with Gasteiger partial charge in [0.1, 0.15) is 6.61 Å². The van der Waals surface area contributed by atoms with Gasteiger partial charge in [-0.25, -0.2) is 4.79 Å². The van der Waals surface area contributed by atoms with Crippen molar-refractivity contribution in [3.05, 3.63) is 0 Å². The lowest BCUT2D eigenvalue weighted by Crippen LogP contribution is -2.48. The molecule has 0 spiro atoms. The molecule has 0 radical (unpaired) electrons. The summed E-state index contributed by atoms with van der Waals surface area (Å²) < 4.78 is 4.62. The van der Waals surface area contributed by atoms with Gasteiger partial charge in [0.2, 0.25) is 11.8 Å². The molecule has 0 aliphatic rings. The fourth-order valence-electron chi connectivity index (χ4n) is 2.97. The van der Waals surface area contributed by atoms with E-state index in [1.54, 1.807) is 0 Å². The first-order valence-corrected chi connectivity index (χ1v) is 11.2. The highest BCUT2D eigenvalue weighted by molar-refractivity contribution is 5.85. The Kier molecular flexibility index (Phi) is 18.7. The van der Waals surface area contributed by atoms with Gasteiger partial charge in [0, 0.05) is 6.54 Å². The second-order valence-corrected chi connectivity index (χ2v) is 7.46. The van der Waals surface area contributed by atoms with Crippen LogP contribution >= 0.6 is 0 Å². The maximum atomic E-state index is 12.6. The van der Waals surface area contributed by atoms with Crippen LogP contribution in [0.5, 0.6) is 0 Å². The zero-order valence-corrected chi connectivity index (χ0v) is 18.7. The lowest BCUT2D eigenvalue weighted by Gasteiger charge is -2.24. The zero-order valence-electron chi connectivity index (χ0n) is 18.7. The summed E-state index contributed by atoms with van der Waals surface area (Å²) in [7, 11) is 0. The average Bonchev–Trinajstić information content (AvgIpc) is 2.73. The molecule has 11 nitrogen and oxygen atoms in total. The Hall–Kier alpha value is -1.95. The Labute approximate surface area is 185 Å². The molecular weight excluding hydrogens is 404 g/mol. The molecular formula is C20H42N6O5. The van der Waals surface area contributed by atoms with Gasteiger partial charge in [0.05, 0.1) is 19.1 Å². The Morgan fingerprint density at radius 1 is 0.903 bits per heavy atom. The second kappa shape index (κ2) is 20.0. The van der Waals surface area contributed by atoms with Crippen LogP contribution < -0.4 is 27.8 Å². The van der Waals surface area contributed by atoms with Gasteiger partial charge in [-0.2, -0.15) is 0 Å². The first kappa shape index (κ1) is 29.1. The summed E-state index contributed by atoms with van der Waals surface area (Å²) in [4.78, 5) is 37.3. The molecule has 0 saturated carbocycles. The van der Waals surface area contributed by atoms with Crippen molar-refractivity contribution in [2.45, 2.75) is 57.4 Å². The monoisotopic (exact) mass is 446 g/mol. The van der Waals surface area contributed by atoms with Crippen LogP contribution in [0.25, 0.3) is 0 Å². The molecule has 0 aliphatic carbocycles. The fourth-order valence-corrected chi connectivity index (χ4v) is 2.97. The number of unbranched alkanes of at least 4 members (excludes halogenated alkanes) is 4. The van der Waals surface area contributed by atoms with Crippen molar-refractivity contribution in [1.82, 2.24) is 15.5 Å². The summed E-state index contributed by atoms with van der Waals surface area (Å²) in [6.07, 6.45) is 5.00. The average molecular weight is 447 g/mol. The minimum Gasteiger partial charge on any atom is -0.450 e. The first-order chi connectivity index (χ1) is 14.9. The Morgan fingerprint density at radius 2 is 1.55 bits per heavy atom. The number of nitrogens with two attached hydrogens (primary N) is 3. The van der Waals surface area contributed by atoms with Gasteiger partial charge >= 0.3 is 6.16 Å². The van der Waals surface area contributed by atoms with E-state index in [4.69, 9.17) is 22.3 Å². The molecule has 0 aromatic heterocycles. The molecule has 0 unspecified atom stereocenters. The Balaban J connectivity index is 4.67. The summed E-state index contributed by atoms with van der Waals surface area (Å²) >= 11 is 0. The normalized spacial score (nSPS) is 11.7. The zero-order chi connectivity index (χ0) is 23.3. The van der Waals surface area contributed by atoms with Crippen LogP contribution in [0.15, 0.2) is 0 Å². The summed E-state index contributed by atoms with van der Waals surface area (Å²) in [6.45, 7) is 2.75. The van der Waals surface area contributed by atoms with Crippen LogP contribution in [0.1, 0.15) is 51.4 Å². The van der Waals surface area contributed by atoms with Crippen LogP contribution in [-0.4, -0.2) is 86.4 Å². The molecule has 182 valence electrons. The van der Waals surface area contributed by atoms with Crippen molar-refractivity contribution in [1.29, 1.82) is 0 Å². The predicted molar refractivity (Wildman–Crippen MR) is 119 cm³/mol. The maximum absolute atomic E-state index is 12.6. The number of hydrogen-bond acceptors (Lipinski definition) is 8. The van der Waals surface area contributed by atoms with Crippen molar-refractivity contribution < 1.29 is 24.2 Å². The van der Waals surface area contributed by atoms with Crippen LogP contribution in [0, 0.1) is 0 Å². The van der Waals surface area contributed by atoms with Crippen molar-refractivity contribution in [2.24, 2.45) is 17.2 Å². The smallest absolute Gasteiger partial charge is 0.450 e. The van der Waals surface area contributed by atoms with Gasteiger partial charge in [-0.1, -0.05) is 12.8 Å². The van der Waals surface area contributed by atoms with Crippen molar-refractivity contribution >= 4 is 18.0 Å². The molecule has 0 saturated heterocycles. The van der Waals surface area contributed by atoms with Crippen molar-refractivity contribution in [3.63, 3.8) is 0 Å². The van der Waals surface area contributed by atoms with Crippen LogP contribution in [0.4, 0.5) is 4.79 Å². The van der Waals surface area contributed by atoms with Gasteiger partial charge in [0.15, 0.2) is 0 Å². The van der Waals surface area contributed by atoms with E-state index in [1.165, 1.54) is 4.90 Å². The number of hydrogen-bond donors (Lipinski definition) is 6. The molecule has 0 fully saturated rings. The van der Waals surface area contributed by atoms with Gasteiger partial charge < -0.3 is 42.6 Å². The summed E-state index contributed by atoms with van der Waals surface area (Å²) in [5.41, 5.74) is 16.5. The number of ether oxygens (including phenoxy) is 1. The molecule has 0 heterocycles. The van der Waals surface area contributed by atoms with Crippen LogP contribution in [0.2, 0.25) is 0 Å². The molecule has 0 aliphatic heterocycles. The molecule has 0 aromatic rings. The lowest BCUT2D eigenvalue weighted by molar-refractivity contribution is -0.135.